The van der Waals surface area contributed by atoms with Gasteiger partial charge < -0.3 is 9.84 Å². The Hall–Kier alpha value is -1.01. The maximum absolute atomic E-state index is 10.8. The second-order valence-corrected chi connectivity index (χ2v) is 3.38. The zero-order valence-electron chi connectivity index (χ0n) is 9.58. The van der Waals surface area contributed by atoms with Gasteiger partial charge >= 0.3 is 5.97 Å². The summed E-state index contributed by atoms with van der Waals surface area (Å²) < 4.78 is 5.18. The number of carboxylic acids is 1. The van der Waals surface area contributed by atoms with Crippen LogP contribution in [-0.2, 0) is 9.53 Å². The van der Waals surface area contributed by atoms with E-state index < -0.39 is 12.1 Å². The van der Waals surface area contributed by atoms with Gasteiger partial charge in [0.25, 0.3) is 0 Å². The van der Waals surface area contributed by atoms with E-state index in [1.54, 1.807) is 0 Å². The zero-order valence-corrected chi connectivity index (χ0v) is 9.58. The van der Waals surface area contributed by atoms with Gasteiger partial charge in [-0.25, -0.2) is 4.79 Å². The molecule has 1 atom stereocenters. The van der Waals surface area contributed by atoms with Crippen LogP contribution in [0.25, 0.3) is 0 Å². The van der Waals surface area contributed by atoms with Gasteiger partial charge in [0, 0.05) is 6.42 Å². The van der Waals surface area contributed by atoms with Gasteiger partial charge in [0.05, 0.1) is 0 Å². The van der Waals surface area contributed by atoms with Crippen molar-refractivity contribution in [2.75, 3.05) is 6.61 Å². The van der Waals surface area contributed by atoms with Crippen LogP contribution in [0.4, 0.5) is 0 Å². The van der Waals surface area contributed by atoms with Crippen molar-refractivity contribution in [2.45, 2.75) is 52.1 Å². The molecule has 0 radical (unpaired) electrons. The smallest absolute Gasteiger partial charge is 0.332 e. The number of rotatable bonds is 7. The van der Waals surface area contributed by atoms with Crippen molar-refractivity contribution in [3.63, 3.8) is 0 Å². The molecule has 0 rings (SSSR count). The maximum Gasteiger partial charge on any atom is 0.332 e. The summed E-state index contributed by atoms with van der Waals surface area (Å²) >= 11 is 0. The van der Waals surface area contributed by atoms with Crippen molar-refractivity contribution >= 4 is 5.97 Å². The van der Waals surface area contributed by atoms with E-state index >= 15 is 0 Å². The van der Waals surface area contributed by atoms with Crippen molar-refractivity contribution in [3.8, 4) is 11.8 Å². The molecule has 0 aromatic heterocycles. The molecule has 0 aromatic rings. The molecule has 3 nitrogen and oxygen atoms in total. The summed E-state index contributed by atoms with van der Waals surface area (Å²) in [7, 11) is 0. The van der Waals surface area contributed by atoms with E-state index in [1.165, 1.54) is 0 Å². The molecule has 0 amide bonds. The Kier molecular flexibility index (Phi) is 8.90. The molecule has 15 heavy (non-hydrogen) atoms. The molecule has 0 aliphatic carbocycles. The van der Waals surface area contributed by atoms with Crippen LogP contribution in [0.3, 0.4) is 0 Å². The highest BCUT2D eigenvalue weighted by atomic mass is 16.5. The van der Waals surface area contributed by atoms with Gasteiger partial charge in [-0.1, -0.05) is 32.6 Å². The Morgan fingerprint density at radius 3 is 2.60 bits per heavy atom. The Morgan fingerprint density at radius 1 is 1.33 bits per heavy atom. The molecule has 0 heterocycles. The molecule has 86 valence electrons. The number of ether oxygens (including phenoxy) is 1. The summed E-state index contributed by atoms with van der Waals surface area (Å²) in [6.45, 7) is 4.30. The molecule has 0 aliphatic heterocycles. The fourth-order valence-corrected chi connectivity index (χ4v) is 1.07. The van der Waals surface area contributed by atoms with Crippen LogP contribution < -0.4 is 0 Å². The molecular formula is C12H20O3. The number of hydrogen-bond donors (Lipinski definition) is 1. The molecule has 0 bridgehead atoms. The molecule has 3 heteroatoms. The average molecular weight is 212 g/mol. The normalized spacial score (nSPS) is 11.6. The third-order valence-electron chi connectivity index (χ3n) is 1.95. The van der Waals surface area contributed by atoms with Crippen molar-refractivity contribution in [1.82, 2.24) is 0 Å². The number of aliphatic carboxylic acids is 1. The van der Waals surface area contributed by atoms with E-state index in [0.29, 0.717) is 6.42 Å². The SMILES string of the molecule is CCCC#CCOC(CCCC)C(=O)O. The van der Waals surface area contributed by atoms with Crippen molar-refractivity contribution < 1.29 is 14.6 Å². The topological polar surface area (TPSA) is 46.5 Å². The van der Waals surface area contributed by atoms with Gasteiger partial charge in [-0.3, -0.25) is 0 Å². The lowest BCUT2D eigenvalue weighted by molar-refractivity contribution is -0.149. The van der Waals surface area contributed by atoms with Gasteiger partial charge in [-0.15, -0.1) is 5.92 Å². The van der Waals surface area contributed by atoms with Gasteiger partial charge in [-0.2, -0.15) is 0 Å². The fourth-order valence-electron chi connectivity index (χ4n) is 1.07. The van der Waals surface area contributed by atoms with E-state index in [-0.39, 0.29) is 6.61 Å². The van der Waals surface area contributed by atoms with Gasteiger partial charge in [-0.05, 0) is 12.8 Å². The van der Waals surface area contributed by atoms with E-state index in [1.807, 2.05) is 6.92 Å². The Labute approximate surface area is 91.8 Å². The van der Waals surface area contributed by atoms with Crippen LogP contribution in [0.1, 0.15) is 46.0 Å². The zero-order chi connectivity index (χ0) is 11.5. The van der Waals surface area contributed by atoms with Crippen molar-refractivity contribution in [3.05, 3.63) is 0 Å². The van der Waals surface area contributed by atoms with Crippen LogP contribution in [-0.4, -0.2) is 23.8 Å². The van der Waals surface area contributed by atoms with Crippen LogP contribution >= 0.6 is 0 Å². The highest BCUT2D eigenvalue weighted by Gasteiger charge is 2.16. The first kappa shape index (κ1) is 14.0. The fraction of sp³-hybridized carbons (Fsp3) is 0.750. The number of unbranched alkanes of at least 4 members (excludes halogenated alkanes) is 2. The first-order valence-electron chi connectivity index (χ1n) is 5.52. The predicted octanol–water partition coefficient (Wildman–Crippen LogP) is 2.45. The van der Waals surface area contributed by atoms with E-state index in [0.717, 1.165) is 25.7 Å². The van der Waals surface area contributed by atoms with E-state index in [2.05, 4.69) is 18.8 Å². The second-order valence-electron chi connectivity index (χ2n) is 3.38. The van der Waals surface area contributed by atoms with Crippen LogP contribution in [0.5, 0.6) is 0 Å². The number of hydrogen-bond acceptors (Lipinski definition) is 2. The third kappa shape index (κ3) is 8.02. The molecule has 0 spiro atoms. The minimum absolute atomic E-state index is 0.223. The molecule has 0 aromatic carbocycles. The number of carbonyl (C=O) groups is 1. The summed E-state index contributed by atoms with van der Waals surface area (Å²) in [5.74, 6) is 4.84. The summed E-state index contributed by atoms with van der Waals surface area (Å²) in [6, 6.07) is 0. The summed E-state index contributed by atoms with van der Waals surface area (Å²) in [6.07, 6.45) is 3.59. The minimum Gasteiger partial charge on any atom is -0.479 e. The van der Waals surface area contributed by atoms with E-state index in [9.17, 15) is 4.79 Å². The van der Waals surface area contributed by atoms with Crippen LogP contribution in [0.2, 0.25) is 0 Å². The molecule has 0 aliphatic rings. The Morgan fingerprint density at radius 2 is 2.07 bits per heavy atom. The predicted molar refractivity (Wildman–Crippen MR) is 59.6 cm³/mol. The number of carboxylic acid groups (broad SMARTS) is 1. The molecule has 0 saturated carbocycles. The monoisotopic (exact) mass is 212 g/mol. The van der Waals surface area contributed by atoms with Crippen LogP contribution in [0, 0.1) is 11.8 Å². The minimum atomic E-state index is -0.888. The summed E-state index contributed by atoms with van der Waals surface area (Å²) in [5.41, 5.74) is 0. The maximum atomic E-state index is 10.8. The molecule has 0 saturated heterocycles. The van der Waals surface area contributed by atoms with Gasteiger partial charge in [0.1, 0.15) is 6.61 Å². The highest BCUT2D eigenvalue weighted by Crippen LogP contribution is 2.04. The Bertz CT molecular complexity index is 225. The summed E-state index contributed by atoms with van der Waals surface area (Å²) in [5, 5.41) is 8.83. The average Bonchev–Trinajstić information content (AvgIpc) is 2.21. The Balaban J connectivity index is 3.77. The lowest BCUT2D eigenvalue weighted by Gasteiger charge is -2.10. The van der Waals surface area contributed by atoms with Crippen molar-refractivity contribution in [2.24, 2.45) is 0 Å². The van der Waals surface area contributed by atoms with Gasteiger partial charge in [0.2, 0.25) is 0 Å². The lowest BCUT2D eigenvalue weighted by Crippen LogP contribution is -2.23. The standard InChI is InChI=1S/C12H20O3/c1-3-5-7-8-10-15-11(12(13)14)9-6-4-2/h11H,3-6,9-10H2,1-2H3,(H,13,14). The first-order valence-corrected chi connectivity index (χ1v) is 5.52. The molecule has 1 unspecified atom stereocenters. The first-order chi connectivity index (χ1) is 7.22. The highest BCUT2D eigenvalue weighted by molar-refractivity contribution is 5.72. The largest absolute Gasteiger partial charge is 0.479 e. The molecular weight excluding hydrogens is 192 g/mol. The van der Waals surface area contributed by atoms with E-state index in [4.69, 9.17) is 9.84 Å². The molecule has 0 fully saturated rings. The molecule has 1 N–H and O–H groups in total. The quantitative estimate of drug-likeness (QED) is 0.659. The lowest BCUT2D eigenvalue weighted by atomic mass is 10.1. The third-order valence-corrected chi connectivity index (χ3v) is 1.95. The second kappa shape index (κ2) is 9.54. The summed E-state index contributed by atoms with van der Waals surface area (Å²) in [4.78, 5) is 10.8. The van der Waals surface area contributed by atoms with Gasteiger partial charge in [0.15, 0.2) is 6.10 Å². The van der Waals surface area contributed by atoms with Crippen LogP contribution in [0.15, 0.2) is 0 Å². The van der Waals surface area contributed by atoms with Crippen molar-refractivity contribution in [1.29, 1.82) is 0 Å².